The summed E-state index contributed by atoms with van der Waals surface area (Å²) in [5.41, 5.74) is 1.53. The number of rotatable bonds is 3. The SMILES string of the molecule is Cc1ccc(OCC2=CS(=O)(=O)C(Br)=N2)cc1. The van der Waals surface area contributed by atoms with Gasteiger partial charge in [-0.2, -0.15) is 0 Å². The minimum Gasteiger partial charge on any atom is -0.487 e. The fourth-order valence-electron chi connectivity index (χ4n) is 1.29. The number of nitrogens with zero attached hydrogens (tertiary/aromatic N) is 1. The second-order valence-corrected chi connectivity index (χ2v) is 6.61. The van der Waals surface area contributed by atoms with E-state index in [-0.39, 0.29) is 10.6 Å². The molecule has 17 heavy (non-hydrogen) atoms. The van der Waals surface area contributed by atoms with Gasteiger partial charge in [-0.1, -0.05) is 17.7 Å². The standard InChI is InChI=1S/C11H10BrNO3S/c1-8-2-4-10(5-3-8)16-6-9-7-17(14,15)11(12)13-9/h2-5,7H,6H2,1H3. The molecule has 0 atom stereocenters. The maximum absolute atomic E-state index is 11.3. The lowest BCUT2D eigenvalue weighted by Gasteiger charge is -2.04. The maximum atomic E-state index is 11.3. The number of ether oxygens (including phenoxy) is 1. The Morgan fingerprint density at radius 3 is 2.47 bits per heavy atom. The summed E-state index contributed by atoms with van der Waals surface area (Å²) in [6, 6.07) is 7.51. The fourth-order valence-corrected chi connectivity index (χ4v) is 2.62. The van der Waals surface area contributed by atoms with Gasteiger partial charge in [0.15, 0.2) is 0 Å². The van der Waals surface area contributed by atoms with Crippen LogP contribution in [0.5, 0.6) is 5.75 Å². The average molecular weight is 316 g/mol. The highest BCUT2D eigenvalue weighted by atomic mass is 79.9. The number of sulfone groups is 1. The molecule has 0 amide bonds. The third kappa shape index (κ3) is 2.95. The third-order valence-electron chi connectivity index (χ3n) is 2.17. The minimum absolute atomic E-state index is 0.0625. The summed E-state index contributed by atoms with van der Waals surface area (Å²) in [5.74, 6) is 0.687. The normalized spacial score (nSPS) is 17.5. The monoisotopic (exact) mass is 315 g/mol. The van der Waals surface area contributed by atoms with Gasteiger partial charge in [0.2, 0.25) is 13.8 Å². The van der Waals surface area contributed by atoms with Crippen LogP contribution in [0.15, 0.2) is 40.4 Å². The van der Waals surface area contributed by atoms with Crippen molar-refractivity contribution in [1.82, 2.24) is 0 Å². The molecule has 90 valence electrons. The molecule has 1 aromatic rings. The summed E-state index contributed by atoms with van der Waals surface area (Å²) in [6.45, 7) is 2.12. The number of hydrogen-bond acceptors (Lipinski definition) is 4. The molecule has 2 rings (SSSR count). The van der Waals surface area contributed by atoms with Crippen molar-refractivity contribution in [2.24, 2.45) is 4.99 Å². The van der Waals surface area contributed by atoms with Crippen molar-refractivity contribution in [1.29, 1.82) is 0 Å². The highest BCUT2D eigenvalue weighted by Gasteiger charge is 2.22. The van der Waals surface area contributed by atoms with Gasteiger partial charge < -0.3 is 4.74 Å². The Labute approximate surface area is 108 Å². The van der Waals surface area contributed by atoms with E-state index in [1.54, 1.807) is 0 Å². The van der Waals surface area contributed by atoms with Crippen LogP contribution in [0, 0.1) is 6.92 Å². The van der Waals surface area contributed by atoms with Crippen LogP contribution in [0.4, 0.5) is 0 Å². The molecule has 6 heteroatoms. The number of benzene rings is 1. The van der Waals surface area contributed by atoms with Gasteiger partial charge in [0.25, 0.3) is 0 Å². The first kappa shape index (κ1) is 12.3. The molecule has 0 unspecified atom stereocenters. The molecule has 0 bridgehead atoms. The zero-order valence-corrected chi connectivity index (χ0v) is 11.5. The van der Waals surface area contributed by atoms with Gasteiger partial charge in [0.1, 0.15) is 12.4 Å². The van der Waals surface area contributed by atoms with Crippen LogP contribution in [0.2, 0.25) is 0 Å². The molecule has 0 aliphatic carbocycles. The van der Waals surface area contributed by atoms with Crippen molar-refractivity contribution < 1.29 is 13.2 Å². The van der Waals surface area contributed by atoms with E-state index >= 15 is 0 Å². The molecule has 0 aromatic heterocycles. The molecule has 0 fully saturated rings. The van der Waals surface area contributed by atoms with Crippen LogP contribution in [-0.2, 0) is 9.84 Å². The molecule has 1 aliphatic rings. The minimum atomic E-state index is -3.36. The van der Waals surface area contributed by atoms with E-state index < -0.39 is 9.84 Å². The molecule has 0 saturated carbocycles. The van der Waals surface area contributed by atoms with Gasteiger partial charge in [0, 0.05) is 0 Å². The third-order valence-corrected chi connectivity index (χ3v) is 4.84. The Morgan fingerprint density at radius 1 is 1.29 bits per heavy atom. The van der Waals surface area contributed by atoms with Crippen molar-refractivity contribution >= 4 is 29.7 Å². The molecular formula is C11H10BrNO3S. The van der Waals surface area contributed by atoms with Gasteiger partial charge in [-0.3, -0.25) is 0 Å². The fraction of sp³-hybridized carbons (Fsp3) is 0.182. The maximum Gasteiger partial charge on any atom is 0.225 e. The first-order valence-electron chi connectivity index (χ1n) is 4.87. The Hall–Kier alpha value is -1.14. The van der Waals surface area contributed by atoms with E-state index in [4.69, 9.17) is 4.74 Å². The lowest BCUT2D eigenvalue weighted by molar-refractivity contribution is 0.351. The summed E-state index contributed by atoms with van der Waals surface area (Å²) < 4.78 is 28.0. The summed E-state index contributed by atoms with van der Waals surface area (Å²) in [6.07, 6.45) is 0. The van der Waals surface area contributed by atoms with E-state index in [9.17, 15) is 8.42 Å². The number of aryl methyl sites for hydroxylation is 1. The largest absolute Gasteiger partial charge is 0.487 e. The van der Waals surface area contributed by atoms with Crippen molar-refractivity contribution in [3.05, 3.63) is 40.9 Å². The van der Waals surface area contributed by atoms with Crippen molar-refractivity contribution in [2.75, 3.05) is 6.61 Å². The van der Waals surface area contributed by atoms with Crippen LogP contribution in [0.25, 0.3) is 0 Å². The average Bonchev–Trinajstić information content (AvgIpc) is 2.52. The Bertz CT molecular complexity index is 588. The molecule has 4 nitrogen and oxygen atoms in total. The highest BCUT2D eigenvalue weighted by Crippen LogP contribution is 2.20. The first-order valence-corrected chi connectivity index (χ1v) is 7.21. The van der Waals surface area contributed by atoms with E-state index in [1.807, 2.05) is 31.2 Å². The second kappa shape index (κ2) is 4.62. The molecule has 1 aromatic carbocycles. The highest BCUT2D eigenvalue weighted by molar-refractivity contribution is 9.21. The zero-order valence-electron chi connectivity index (χ0n) is 9.05. The Balaban J connectivity index is 2.03. The van der Waals surface area contributed by atoms with Crippen LogP contribution in [-0.4, -0.2) is 19.0 Å². The van der Waals surface area contributed by atoms with E-state index in [1.165, 1.54) is 0 Å². The van der Waals surface area contributed by atoms with Gasteiger partial charge in [-0.05, 0) is 35.0 Å². The van der Waals surface area contributed by atoms with Crippen molar-refractivity contribution in [2.45, 2.75) is 6.92 Å². The van der Waals surface area contributed by atoms with E-state index in [0.29, 0.717) is 11.4 Å². The van der Waals surface area contributed by atoms with Gasteiger partial charge >= 0.3 is 0 Å². The molecule has 1 heterocycles. The molecule has 0 spiro atoms. The van der Waals surface area contributed by atoms with Crippen LogP contribution in [0.3, 0.4) is 0 Å². The van der Waals surface area contributed by atoms with Gasteiger partial charge in [0.05, 0.1) is 11.1 Å². The summed E-state index contributed by atoms with van der Waals surface area (Å²) in [4.78, 5) is 3.86. The smallest absolute Gasteiger partial charge is 0.225 e. The molecule has 0 saturated heterocycles. The predicted molar refractivity (Wildman–Crippen MR) is 70.0 cm³/mol. The summed E-state index contributed by atoms with van der Waals surface area (Å²) in [7, 11) is -3.36. The molecule has 0 N–H and O–H groups in total. The summed E-state index contributed by atoms with van der Waals surface area (Å²) in [5, 5.41) is 1.10. The van der Waals surface area contributed by atoms with Gasteiger partial charge in [-0.25, -0.2) is 13.4 Å². The quantitative estimate of drug-likeness (QED) is 0.860. The Morgan fingerprint density at radius 2 is 1.94 bits per heavy atom. The number of halogens is 1. The van der Waals surface area contributed by atoms with Crippen LogP contribution >= 0.6 is 15.9 Å². The van der Waals surface area contributed by atoms with E-state index in [0.717, 1.165) is 11.0 Å². The van der Waals surface area contributed by atoms with Crippen molar-refractivity contribution in [3.8, 4) is 5.75 Å². The van der Waals surface area contributed by atoms with Crippen LogP contribution in [0.1, 0.15) is 5.56 Å². The zero-order chi connectivity index (χ0) is 12.5. The summed E-state index contributed by atoms with van der Waals surface area (Å²) >= 11 is 2.89. The number of hydrogen-bond donors (Lipinski definition) is 0. The van der Waals surface area contributed by atoms with Crippen LogP contribution < -0.4 is 4.74 Å². The second-order valence-electron chi connectivity index (χ2n) is 3.62. The lowest BCUT2D eigenvalue weighted by Crippen LogP contribution is -1.99. The van der Waals surface area contributed by atoms with Gasteiger partial charge in [-0.15, -0.1) is 0 Å². The van der Waals surface area contributed by atoms with E-state index in [2.05, 4.69) is 20.9 Å². The molecule has 1 aliphatic heterocycles. The number of aliphatic imine (C=N–C) groups is 1. The topological polar surface area (TPSA) is 55.7 Å². The molecular weight excluding hydrogens is 306 g/mol. The lowest BCUT2D eigenvalue weighted by atomic mass is 10.2. The predicted octanol–water partition coefficient (Wildman–Crippen LogP) is 2.39. The molecule has 0 radical (unpaired) electrons. The van der Waals surface area contributed by atoms with Crippen molar-refractivity contribution in [3.63, 3.8) is 0 Å². The Kier molecular flexibility index (Phi) is 3.35. The first-order chi connectivity index (χ1) is 7.97.